The van der Waals surface area contributed by atoms with Gasteiger partial charge in [-0.05, 0) is 69.8 Å². The summed E-state index contributed by atoms with van der Waals surface area (Å²) in [6, 6.07) is 13.6. The topological polar surface area (TPSA) is 9.49 Å². The molecule has 0 N–H and O–H groups in total. The average molecular weight is 371 g/mol. The fourth-order valence-corrected chi connectivity index (χ4v) is 3.88. The van der Waals surface area contributed by atoms with Crippen molar-refractivity contribution < 1.29 is 4.58 Å². The summed E-state index contributed by atoms with van der Waals surface area (Å²) in [5.41, 5.74) is 11.5. The van der Waals surface area contributed by atoms with Crippen molar-refractivity contribution in [1.82, 2.24) is 0 Å². The molecule has 3 heteroatoms. The van der Waals surface area contributed by atoms with Crippen molar-refractivity contribution in [2.75, 3.05) is 52.1 Å². The van der Waals surface area contributed by atoms with Gasteiger partial charge in [0.2, 0.25) is 0 Å². The molecule has 2 aromatic rings. The Labute approximate surface area is 168 Å². The van der Waals surface area contributed by atoms with Gasteiger partial charge in [0.15, 0.2) is 5.71 Å². The van der Waals surface area contributed by atoms with Crippen LogP contribution in [0.5, 0.6) is 0 Å². The molecule has 0 unspecified atom stereocenters. The zero-order valence-electron chi connectivity index (χ0n) is 17.6. The maximum Gasteiger partial charge on any atom is 0.199 e. The van der Waals surface area contributed by atoms with Gasteiger partial charge in [0.25, 0.3) is 0 Å². The molecule has 0 saturated heterocycles. The van der Waals surface area contributed by atoms with Crippen LogP contribution in [-0.2, 0) is 0 Å². The van der Waals surface area contributed by atoms with Crippen LogP contribution in [0.25, 0.3) is 16.7 Å². The van der Waals surface area contributed by atoms with Crippen LogP contribution in [0, 0.1) is 0 Å². The average Bonchev–Trinajstić information content (AvgIpc) is 3.00. The highest BCUT2D eigenvalue weighted by Crippen LogP contribution is 2.48. The number of nitrogens with zero attached hydrogens (tertiary/aromatic N) is 3. The first kappa shape index (κ1) is 18.3. The molecule has 0 bridgehead atoms. The van der Waals surface area contributed by atoms with Gasteiger partial charge in [-0.3, -0.25) is 0 Å². The molecule has 0 amide bonds. The second-order valence-corrected chi connectivity index (χ2v) is 8.06. The van der Waals surface area contributed by atoms with Crippen molar-refractivity contribution in [3.8, 4) is 11.1 Å². The zero-order chi connectivity index (χ0) is 20.0. The van der Waals surface area contributed by atoms with E-state index in [9.17, 15) is 0 Å². The summed E-state index contributed by atoms with van der Waals surface area (Å²) in [7, 11) is 12.5. The first-order valence-electron chi connectivity index (χ1n) is 9.65. The summed E-state index contributed by atoms with van der Waals surface area (Å²) < 4.78 is 2.14. The summed E-state index contributed by atoms with van der Waals surface area (Å²) >= 11 is 0. The van der Waals surface area contributed by atoms with E-state index in [1.54, 1.807) is 0 Å². The molecule has 2 aromatic carbocycles. The van der Waals surface area contributed by atoms with Gasteiger partial charge in [-0.15, -0.1) is 0 Å². The van der Waals surface area contributed by atoms with Gasteiger partial charge in [-0.1, -0.05) is 12.1 Å². The molecule has 0 fully saturated rings. The first-order valence-corrected chi connectivity index (χ1v) is 9.65. The van der Waals surface area contributed by atoms with Crippen molar-refractivity contribution >= 4 is 22.7 Å². The Bertz CT molecular complexity index is 997. The Morgan fingerprint density at radius 2 is 1.07 bits per heavy atom. The number of benzene rings is 2. The van der Waals surface area contributed by atoms with E-state index in [-0.39, 0.29) is 0 Å². The molecule has 28 heavy (non-hydrogen) atoms. The highest BCUT2D eigenvalue weighted by atomic mass is 15.1. The Balaban J connectivity index is 1.97. The standard InChI is InChI=1S/C25H28N3/c1-26(2)18-9-7-17(8-10-18)25-21-13-11-19(27(3)4)15-23(21)24-16-20(28(5)6)12-14-22(24)25/h7-16H,1-6H3/q+1. The smallest absolute Gasteiger partial charge is 0.199 e. The van der Waals surface area contributed by atoms with E-state index < -0.39 is 0 Å². The van der Waals surface area contributed by atoms with E-state index in [2.05, 4.69) is 117 Å². The molecule has 0 aromatic heterocycles. The SMILES string of the molecule is CN(C)c1ccc2c(c1)-c1cc(N(C)C)ccc1C2=C1C=CC(=[N+](C)C)C=C1. The van der Waals surface area contributed by atoms with Gasteiger partial charge >= 0.3 is 0 Å². The molecule has 0 aliphatic heterocycles. The highest BCUT2D eigenvalue weighted by Gasteiger charge is 2.27. The van der Waals surface area contributed by atoms with Crippen molar-refractivity contribution in [2.24, 2.45) is 0 Å². The Kier molecular flexibility index (Phi) is 4.46. The molecule has 0 saturated carbocycles. The quantitative estimate of drug-likeness (QED) is 0.617. The molecule has 142 valence electrons. The Hall–Kier alpha value is -3.07. The highest BCUT2D eigenvalue weighted by molar-refractivity contribution is 6.08. The normalized spacial score (nSPS) is 14.3. The second-order valence-electron chi connectivity index (χ2n) is 8.06. The van der Waals surface area contributed by atoms with Crippen molar-refractivity contribution in [2.45, 2.75) is 0 Å². The number of rotatable bonds is 2. The van der Waals surface area contributed by atoms with E-state index in [0.29, 0.717) is 0 Å². The van der Waals surface area contributed by atoms with Gasteiger partial charge < -0.3 is 9.80 Å². The molecule has 3 nitrogen and oxygen atoms in total. The second kappa shape index (κ2) is 6.83. The molecule has 2 aliphatic carbocycles. The number of hydrogen-bond donors (Lipinski definition) is 0. The third-order valence-electron chi connectivity index (χ3n) is 5.54. The predicted octanol–water partition coefficient (Wildman–Crippen LogP) is 4.44. The lowest BCUT2D eigenvalue weighted by Crippen LogP contribution is -2.10. The number of fused-ring (bicyclic) bond motifs is 3. The lowest BCUT2D eigenvalue weighted by Gasteiger charge is -2.15. The van der Waals surface area contributed by atoms with Gasteiger partial charge in [-0.2, -0.15) is 0 Å². The maximum atomic E-state index is 2.31. The molecule has 0 radical (unpaired) electrons. The minimum Gasteiger partial charge on any atom is -0.378 e. The van der Waals surface area contributed by atoms with Crippen LogP contribution in [0.15, 0.2) is 66.3 Å². The van der Waals surface area contributed by atoms with Gasteiger partial charge in [-0.25, -0.2) is 4.58 Å². The predicted molar refractivity (Wildman–Crippen MR) is 122 cm³/mol. The molecular weight excluding hydrogens is 342 g/mol. The van der Waals surface area contributed by atoms with Crippen LogP contribution in [0.4, 0.5) is 11.4 Å². The number of allylic oxidation sites excluding steroid dienone is 5. The zero-order valence-corrected chi connectivity index (χ0v) is 17.6. The van der Waals surface area contributed by atoms with Crippen molar-refractivity contribution in [3.63, 3.8) is 0 Å². The largest absolute Gasteiger partial charge is 0.378 e. The number of anilines is 2. The van der Waals surface area contributed by atoms with E-state index in [1.807, 2.05) is 0 Å². The van der Waals surface area contributed by atoms with E-state index >= 15 is 0 Å². The van der Waals surface area contributed by atoms with Crippen molar-refractivity contribution in [3.05, 3.63) is 77.4 Å². The number of hydrogen-bond acceptors (Lipinski definition) is 2. The van der Waals surface area contributed by atoms with Crippen LogP contribution in [-0.4, -0.2) is 52.6 Å². The fourth-order valence-electron chi connectivity index (χ4n) is 3.88. The van der Waals surface area contributed by atoms with Gasteiger partial charge in [0, 0.05) is 51.7 Å². The van der Waals surface area contributed by atoms with E-state index in [4.69, 9.17) is 0 Å². The summed E-state index contributed by atoms with van der Waals surface area (Å²) in [4.78, 5) is 4.33. The third kappa shape index (κ3) is 2.97. The summed E-state index contributed by atoms with van der Waals surface area (Å²) in [6.07, 6.45) is 8.87. The van der Waals surface area contributed by atoms with Gasteiger partial charge in [0.05, 0.1) is 0 Å². The van der Waals surface area contributed by atoms with E-state index in [1.165, 1.54) is 50.5 Å². The summed E-state index contributed by atoms with van der Waals surface area (Å²) in [5.74, 6) is 0. The first-order chi connectivity index (χ1) is 13.4. The summed E-state index contributed by atoms with van der Waals surface area (Å²) in [5, 5.41) is 0. The van der Waals surface area contributed by atoms with Crippen LogP contribution in [0.3, 0.4) is 0 Å². The van der Waals surface area contributed by atoms with Crippen LogP contribution < -0.4 is 9.80 Å². The van der Waals surface area contributed by atoms with Crippen LogP contribution >= 0.6 is 0 Å². The Morgan fingerprint density at radius 3 is 1.46 bits per heavy atom. The maximum absolute atomic E-state index is 2.31. The monoisotopic (exact) mass is 370 g/mol. The Morgan fingerprint density at radius 1 is 0.607 bits per heavy atom. The van der Waals surface area contributed by atoms with Crippen LogP contribution in [0.2, 0.25) is 0 Å². The van der Waals surface area contributed by atoms with E-state index in [0.717, 1.165) is 0 Å². The minimum atomic E-state index is 1.22. The molecule has 2 aliphatic rings. The van der Waals surface area contributed by atoms with Crippen LogP contribution in [0.1, 0.15) is 11.1 Å². The third-order valence-corrected chi connectivity index (χ3v) is 5.54. The molecule has 0 heterocycles. The summed E-state index contributed by atoms with van der Waals surface area (Å²) in [6.45, 7) is 0. The van der Waals surface area contributed by atoms with Gasteiger partial charge in [0.1, 0.15) is 14.1 Å². The lowest BCUT2D eigenvalue weighted by molar-refractivity contribution is -0.462. The fraction of sp³-hybridized carbons (Fsp3) is 0.240. The molecule has 4 rings (SSSR count). The lowest BCUT2D eigenvalue weighted by atomic mass is 9.94. The molecule has 0 atom stereocenters. The van der Waals surface area contributed by atoms with Crippen molar-refractivity contribution in [1.29, 1.82) is 0 Å². The molecule has 0 spiro atoms. The minimum absolute atomic E-state index is 1.22. The molecular formula is C25H28N3+.